The number of hydrogen-bond acceptors (Lipinski definition) is 7. The van der Waals surface area contributed by atoms with Gasteiger partial charge < -0.3 is 15.4 Å². The molecule has 0 aromatic heterocycles. The van der Waals surface area contributed by atoms with Gasteiger partial charge in [-0.1, -0.05) is 12.2 Å². The molecular weight excluding hydrogens is 364 g/mol. The number of nitro benzene ring substituents is 1. The number of amides is 1. The van der Waals surface area contributed by atoms with E-state index < -0.39 is 32.3 Å². The van der Waals surface area contributed by atoms with Crippen molar-refractivity contribution in [2.24, 2.45) is 5.14 Å². The van der Waals surface area contributed by atoms with E-state index in [2.05, 4.69) is 10.6 Å². The number of benzene rings is 1. The van der Waals surface area contributed by atoms with Crippen LogP contribution in [-0.2, 0) is 14.8 Å². The van der Waals surface area contributed by atoms with Crippen molar-refractivity contribution in [2.75, 3.05) is 18.4 Å². The van der Waals surface area contributed by atoms with Gasteiger partial charge in [-0.05, 0) is 32.9 Å². The Kier molecular flexibility index (Phi) is 7.10. The van der Waals surface area contributed by atoms with E-state index in [1.165, 1.54) is 12.1 Å². The van der Waals surface area contributed by atoms with Crippen LogP contribution in [0.3, 0.4) is 0 Å². The van der Waals surface area contributed by atoms with Crippen molar-refractivity contribution in [3.8, 4) is 0 Å². The van der Waals surface area contributed by atoms with Gasteiger partial charge >= 0.3 is 6.09 Å². The van der Waals surface area contributed by atoms with Gasteiger partial charge in [-0.25, -0.2) is 18.4 Å². The van der Waals surface area contributed by atoms with Crippen molar-refractivity contribution in [1.82, 2.24) is 5.32 Å². The maximum absolute atomic E-state index is 11.4. The summed E-state index contributed by atoms with van der Waals surface area (Å²) in [5.74, 6) is 0. The predicted molar refractivity (Wildman–Crippen MR) is 96.3 cm³/mol. The summed E-state index contributed by atoms with van der Waals surface area (Å²) in [7, 11) is -4.03. The van der Waals surface area contributed by atoms with E-state index in [9.17, 15) is 23.3 Å². The lowest BCUT2D eigenvalue weighted by molar-refractivity contribution is -0.384. The fourth-order valence-electron chi connectivity index (χ4n) is 1.78. The van der Waals surface area contributed by atoms with Gasteiger partial charge in [-0.2, -0.15) is 0 Å². The van der Waals surface area contributed by atoms with E-state index in [1.54, 1.807) is 32.9 Å². The monoisotopic (exact) mass is 386 g/mol. The number of alkyl carbamates (subject to hydrolysis) is 1. The number of rotatable bonds is 7. The van der Waals surface area contributed by atoms with E-state index in [1.807, 2.05) is 0 Å². The molecule has 1 aromatic carbocycles. The molecule has 0 saturated heterocycles. The quantitative estimate of drug-likeness (QED) is 0.366. The molecule has 0 heterocycles. The van der Waals surface area contributed by atoms with Crippen molar-refractivity contribution in [1.29, 1.82) is 0 Å². The zero-order chi connectivity index (χ0) is 20.0. The van der Waals surface area contributed by atoms with Crippen LogP contribution in [0.4, 0.5) is 16.2 Å². The first-order valence-electron chi connectivity index (χ1n) is 7.57. The number of nitrogens with one attached hydrogen (secondary N) is 2. The number of carbonyl (C=O) groups excluding carboxylic acids is 1. The second-order valence-electron chi connectivity index (χ2n) is 6.22. The largest absolute Gasteiger partial charge is 0.444 e. The van der Waals surface area contributed by atoms with Gasteiger partial charge in [0.05, 0.1) is 9.82 Å². The smallest absolute Gasteiger partial charge is 0.407 e. The van der Waals surface area contributed by atoms with E-state index in [0.717, 1.165) is 6.07 Å². The number of carbonyl (C=O) groups is 1. The molecule has 1 aromatic rings. The highest BCUT2D eigenvalue weighted by molar-refractivity contribution is 7.89. The van der Waals surface area contributed by atoms with E-state index in [4.69, 9.17) is 9.88 Å². The van der Waals surface area contributed by atoms with Crippen LogP contribution in [0.15, 0.2) is 35.2 Å². The molecule has 0 spiro atoms. The van der Waals surface area contributed by atoms with Gasteiger partial charge in [-0.15, -0.1) is 0 Å². The Morgan fingerprint density at radius 3 is 2.46 bits per heavy atom. The van der Waals surface area contributed by atoms with Crippen LogP contribution in [0, 0.1) is 10.1 Å². The molecule has 0 saturated carbocycles. The number of nitro groups is 1. The fraction of sp³-hybridized carbons (Fsp3) is 0.400. The normalized spacial score (nSPS) is 12.0. The maximum atomic E-state index is 11.4. The van der Waals surface area contributed by atoms with Gasteiger partial charge in [0, 0.05) is 19.2 Å². The number of hydrogen-bond donors (Lipinski definition) is 3. The Morgan fingerprint density at radius 1 is 1.31 bits per heavy atom. The summed E-state index contributed by atoms with van der Waals surface area (Å²) in [6.07, 6.45) is 2.74. The summed E-state index contributed by atoms with van der Waals surface area (Å²) < 4.78 is 27.6. The van der Waals surface area contributed by atoms with E-state index in [-0.39, 0.29) is 23.7 Å². The zero-order valence-corrected chi connectivity index (χ0v) is 15.5. The molecule has 144 valence electrons. The first-order chi connectivity index (χ1) is 11.9. The molecule has 0 aliphatic rings. The average Bonchev–Trinajstić information content (AvgIpc) is 2.47. The Hall–Kier alpha value is -2.66. The molecule has 0 bridgehead atoms. The molecule has 10 nitrogen and oxygen atoms in total. The first kappa shape index (κ1) is 21.4. The number of sulfonamides is 1. The third kappa shape index (κ3) is 7.49. The Labute approximate surface area is 151 Å². The Bertz CT molecular complexity index is 799. The molecule has 0 unspecified atom stereocenters. The highest BCUT2D eigenvalue weighted by Gasteiger charge is 2.18. The van der Waals surface area contributed by atoms with Gasteiger partial charge in [0.25, 0.3) is 5.69 Å². The summed E-state index contributed by atoms with van der Waals surface area (Å²) in [6, 6.07) is 3.34. The molecule has 26 heavy (non-hydrogen) atoms. The number of nitrogens with two attached hydrogens (primary N) is 1. The first-order valence-corrected chi connectivity index (χ1v) is 9.12. The summed E-state index contributed by atoms with van der Waals surface area (Å²) in [5.41, 5.74) is -0.846. The topological polar surface area (TPSA) is 154 Å². The molecule has 1 amide bonds. The van der Waals surface area contributed by atoms with E-state index in [0.29, 0.717) is 0 Å². The molecule has 1 rings (SSSR count). The van der Waals surface area contributed by atoms with Crippen LogP contribution in [-0.4, -0.2) is 38.1 Å². The Morgan fingerprint density at radius 2 is 1.92 bits per heavy atom. The van der Waals surface area contributed by atoms with Gasteiger partial charge in [0.15, 0.2) is 0 Å². The predicted octanol–water partition coefficient (Wildman–Crippen LogP) is 1.73. The van der Waals surface area contributed by atoms with Crippen molar-refractivity contribution in [3.05, 3.63) is 40.5 Å². The molecule has 0 aliphatic heterocycles. The van der Waals surface area contributed by atoms with Crippen molar-refractivity contribution in [3.63, 3.8) is 0 Å². The van der Waals surface area contributed by atoms with Crippen LogP contribution in [0.25, 0.3) is 0 Å². The lowest BCUT2D eigenvalue weighted by atomic mass is 10.2. The van der Waals surface area contributed by atoms with Gasteiger partial charge in [0.2, 0.25) is 10.0 Å². The molecule has 0 fully saturated rings. The highest BCUT2D eigenvalue weighted by atomic mass is 32.2. The molecular formula is C15H22N4O6S. The van der Waals surface area contributed by atoms with Crippen molar-refractivity contribution >= 4 is 27.5 Å². The number of anilines is 1. The minimum absolute atomic E-state index is 0.146. The Balaban J connectivity index is 2.60. The molecule has 0 radical (unpaired) electrons. The second kappa shape index (κ2) is 8.63. The van der Waals surface area contributed by atoms with Gasteiger partial charge in [-0.3, -0.25) is 10.1 Å². The van der Waals surface area contributed by atoms with Crippen LogP contribution in [0.1, 0.15) is 20.8 Å². The van der Waals surface area contributed by atoms with Crippen LogP contribution in [0.5, 0.6) is 0 Å². The number of primary sulfonamides is 1. The van der Waals surface area contributed by atoms with Crippen molar-refractivity contribution < 1.29 is 22.9 Å². The summed E-state index contributed by atoms with van der Waals surface area (Å²) >= 11 is 0. The molecule has 4 N–H and O–H groups in total. The molecule has 11 heteroatoms. The van der Waals surface area contributed by atoms with E-state index >= 15 is 0 Å². The molecule has 0 aliphatic carbocycles. The summed E-state index contributed by atoms with van der Waals surface area (Å²) in [6.45, 7) is 5.70. The lowest BCUT2D eigenvalue weighted by Crippen LogP contribution is -2.32. The third-order valence-electron chi connectivity index (χ3n) is 2.83. The minimum atomic E-state index is -4.03. The summed E-state index contributed by atoms with van der Waals surface area (Å²) in [5, 5.41) is 21.4. The number of ether oxygens (including phenoxy) is 1. The maximum Gasteiger partial charge on any atom is 0.407 e. The third-order valence-corrected chi connectivity index (χ3v) is 3.75. The highest BCUT2D eigenvalue weighted by Crippen LogP contribution is 2.26. The summed E-state index contributed by atoms with van der Waals surface area (Å²) in [4.78, 5) is 21.5. The standard InChI is InChI=1S/C15H22N4O6S/c1-15(2,3)25-14(20)18-9-5-4-8-17-12-7-6-11(26(16,23)24)10-13(12)19(21)22/h4-7,10,17H,8-9H2,1-3H3,(H,18,20)(H2,16,23,24)/b5-4+. The zero-order valence-electron chi connectivity index (χ0n) is 14.7. The second-order valence-corrected chi connectivity index (χ2v) is 7.78. The minimum Gasteiger partial charge on any atom is -0.444 e. The lowest BCUT2D eigenvalue weighted by Gasteiger charge is -2.19. The fourth-order valence-corrected chi connectivity index (χ4v) is 2.31. The van der Waals surface area contributed by atoms with Crippen LogP contribution >= 0.6 is 0 Å². The molecule has 0 atom stereocenters. The van der Waals surface area contributed by atoms with Crippen LogP contribution < -0.4 is 15.8 Å². The number of nitrogens with zero attached hydrogens (tertiary/aromatic N) is 1. The SMILES string of the molecule is CC(C)(C)OC(=O)NC/C=C/CNc1ccc(S(N)(=O)=O)cc1[N+](=O)[O-]. The van der Waals surface area contributed by atoms with Crippen molar-refractivity contribution in [2.45, 2.75) is 31.3 Å². The average molecular weight is 386 g/mol. The van der Waals surface area contributed by atoms with Gasteiger partial charge in [0.1, 0.15) is 11.3 Å². The van der Waals surface area contributed by atoms with Crippen LogP contribution in [0.2, 0.25) is 0 Å².